The van der Waals surface area contributed by atoms with E-state index in [0.29, 0.717) is 16.2 Å². The molecule has 1 aliphatic heterocycles. The van der Waals surface area contributed by atoms with Gasteiger partial charge in [0.05, 0.1) is 11.9 Å². The molecule has 1 aromatic carbocycles. The molecule has 6 heteroatoms. The molecule has 0 aromatic heterocycles. The number of aliphatic imine (C=N–C) groups is 1. The van der Waals surface area contributed by atoms with Gasteiger partial charge in [0, 0.05) is 5.56 Å². The number of hydrogen-bond acceptors (Lipinski definition) is 6. The van der Waals surface area contributed by atoms with Crippen molar-refractivity contribution in [3.8, 4) is 5.75 Å². The standard InChI is InChI=1S/C12H11N3O2S/c1-8-11(7-16)18-12(14-8)15-13-6-9-4-2-3-5-10(9)17/h2-6,12,15,17H,1H3. The third-order valence-electron chi connectivity index (χ3n) is 2.29. The number of hydrogen-bond donors (Lipinski definition) is 2. The van der Waals surface area contributed by atoms with Crippen LogP contribution in [0.5, 0.6) is 5.75 Å². The molecule has 1 aliphatic rings. The summed E-state index contributed by atoms with van der Waals surface area (Å²) in [6.07, 6.45) is 1.50. The van der Waals surface area contributed by atoms with Crippen LogP contribution in [0.2, 0.25) is 0 Å². The van der Waals surface area contributed by atoms with E-state index in [9.17, 15) is 9.90 Å². The van der Waals surface area contributed by atoms with Crippen LogP contribution >= 0.6 is 11.8 Å². The number of thioether (sulfide) groups is 1. The van der Waals surface area contributed by atoms with Gasteiger partial charge in [-0.05, 0) is 19.1 Å². The van der Waals surface area contributed by atoms with Crippen LogP contribution in [0.3, 0.4) is 0 Å². The van der Waals surface area contributed by atoms with Crippen molar-refractivity contribution in [1.82, 2.24) is 5.43 Å². The Bertz CT molecular complexity index is 562. The number of allylic oxidation sites excluding steroid dienone is 1. The van der Waals surface area contributed by atoms with Crippen LogP contribution in [0.1, 0.15) is 12.5 Å². The molecule has 2 rings (SSSR count). The molecule has 0 bridgehead atoms. The highest BCUT2D eigenvalue weighted by atomic mass is 32.2. The summed E-state index contributed by atoms with van der Waals surface area (Å²) in [5.74, 6) is 1.99. The van der Waals surface area contributed by atoms with Crippen molar-refractivity contribution in [2.75, 3.05) is 0 Å². The van der Waals surface area contributed by atoms with Crippen molar-refractivity contribution in [3.05, 3.63) is 34.7 Å². The molecule has 1 atom stereocenters. The summed E-state index contributed by atoms with van der Waals surface area (Å²) in [6.45, 7) is 1.75. The van der Waals surface area contributed by atoms with E-state index in [1.54, 1.807) is 31.2 Å². The number of benzene rings is 1. The van der Waals surface area contributed by atoms with Crippen LogP contribution < -0.4 is 5.43 Å². The summed E-state index contributed by atoms with van der Waals surface area (Å²) in [4.78, 5) is 15.2. The summed E-state index contributed by atoms with van der Waals surface area (Å²) in [5.41, 5.74) is 3.74. The van der Waals surface area contributed by atoms with Gasteiger partial charge in [-0.3, -0.25) is 10.4 Å². The molecule has 1 heterocycles. The average Bonchev–Trinajstić information content (AvgIpc) is 2.72. The molecular formula is C12H11N3O2S. The number of phenols is 1. The first-order valence-electron chi connectivity index (χ1n) is 5.24. The highest BCUT2D eigenvalue weighted by Crippen LogP contribution is 2.27. The summed E-state index contributed by atoms with van der Waals surface area (Å²) >= 11 is 1.26. The van der Waals surface area contributed by atoms with E-state index >= 15 is 0 Å². The van der Waals surface area contributed by atoms with Crippen molar-refractivity contribution in [2.24, 2.45) is 10.1 Å². The fourth-order valence-corrected chi connectivity index (χ4v) is 2.20. The third-order valence-corrected chi connectivity index (χ3v) is 3.34. The number of carbonyl (C=O) groups excluding carboxylic acids is 1. The van der Waals surface area contributed by atoms with Gasteiger partial charge in [-0.1, -0.05) is 23.9 Å². The minimum atomic E-state index is -0.316. The van der Waals surface area contributed by atoms with E-state index in [1.807, 2.05) is 5.94 Å². The highest BCUT2D eigenvalue weighted by molar-refractivity contribution is 8.05. The number of nitrogens with zero attached hydrogens (tertiary/aromatic N) is 2. The van der Waals surface area contributed by atoms with Crippen LogP contribution in [0.15, 0.2) is 39.3 Å². The van der Waals surface area contributed by atoms with E-state index in [-0.39, 0.29) is 11.2 Å². The van der Waals surface area contributed by atoms with Gasteiger partial charge in [0.1, 0.15) is 16.6 Å². The Morgan fingerprint density at radius 3 is 3.00 bits per heavy atom. The molecule has 0 saturated heterocycles. The lowest BCUT2D eigenvalue weighted by molar-refractivity contribution is 0.474. The largest absolute Gasteiger partial charge is 0.507 e. The fourth-order valence-electron chi connectivity index (χ4n) is 1.38. The van der Waals surface area contributed by atoms with Crippen molar-refractivity contribution < 1.29 is 9.90 Å². The summed E-state index contributed by atoms with van der Waals surface area (Å²) < 4.78 is 0. The number of rotatable bonds is 3. The number of para-hydroxylation sites is 1. The first-order valence-corrected chi connectivity index (χ1v) is 6.12. The zero-order chi connectivity index (χ0) is 13.0. The van der Waals surface area contributed by atoms with Gasteiger partial charge in [-0.2, -0.15) is 5.10 Å². The van der Waals surface area contributed by atoms with Gasteiger partial charge < -0.3 is 5.11 Å². The van der Waals surface area contributed by atoms with Crippen molar-refractivity contribution in [3.63, 3.8) is 0 Å². The first kappa shape index (κ1) is 12.4. The molecular weight excluding hydrogens is 250 g/mol. The third kappa shape index (κ3) is 2.80. The minimum absolute atomic E-state index is 0.162. The first-order chi connectivity index (χ1) is 8.70. The summed E-state index contributed by atoms with van der Waals surface area (Å²) in [5, 5.41) is 13.5. The topological polar surface area (TPSA) is 74.1 Å². The second-order valence-corrected chi connectivity index (χ2v) is 4.65. The molecule has 18 heavy (non-hydrogen) atoms. The molecule has 0 amide bonds. The van der Waals surface area contributed by atoms with Crippen LogP contribution in [0.4, 0.5) is 0 Å². The Labute approximate surface area is 108 Å². The Hall–Kier alpha value is -2.04. The SMILES string of the molecule is CC1=NC(NN=Cc2ccccc2O)SC1=C=O. The second-order valence-electron chi connectivity index (χ2n) is 3.56. The molecule has 0 radical (unpaired) electrons. The molecule has 0 fully saturated rings. The van der Waals surface area contributed by atoms with Crippen molar-refractivity contribution in [2.45, 2.75) is 12.4 Å². The number of nitrogens with one attached hydrogen (secondary N) is 1. The second kappa shape index (κ2) is 5.53. The van der Waals surface area contributed by atoms with E-state index in [0.717, 1.165) is 0 Å². The predicted molar refractivity (Wildman–Crippen MR) is 72.5 cm³/mol. The minimum Gasteiger partial charge on any atom is -0.507 e. The number of aromatic hydroxyl groups is 1. The van der Waals surface area contributed by atoms with Gasteiger partial charge in [-0.25, -0.2) is 4.79 Å². The Morgan fingerprint density at radius 1 is 1.56 bits per heavy atom. The Morgan fingerprint density at radius 2 is 2.33 bits per heavy atom. The zero-order valence-corrected chi connectivity index (χ0v) is 10.4. The van der Waals surface area contributed by atoms with Crippen molar-refractivity contribution >= 4 is 29.6 Å². The molecule has 0 spiro atoms. The van der Waals surface area contributed by atoms with Crippen LogP contribution in [-0.2, 0) is 4.79 Å². The quantitative estimate of drug-likeness (QED) is 0.491. The van der Waals surface area contributed by atoms with Gasteiger partial charge in [0.2, 0.25) is 0 Å². The summed E-state index contributed by atoms with van der Waals surface area (Å²) in [6, 6.07) is 6.87. The fraction of sp³-hybridized carbons (Fsp3) is 0.167. The monoisotopic (exact) mass is 261 g/mol. The predicted octanol–water partition coefficient (Wildman–Crippen LogP) is 1.52. The lowest BCUT2D eigenvalue weighted by Crippen LogP contribution is -2.15. The molecule has 1 unspecified atom stereocenters. The smallest absolute Gasteiger partial charge is 0.186 e. The van der Waals surface area contributed by atoms with E-state index in [4.69, 9.17) is 0 Å². The zero-order valence-electron chi connectivity index (χ0n) is 9.62. The van der Waals surface area contributed by atoms with E-state index in [1.165, 1.54) is 18.0 Å². The maximum absolute atomic E-state index is 10.5. The van der Waals surface area contributed by atoms with E-state index < -0.39 is 0 Å². The molecule has 0 saturated carbocycles. The van der Waals surface area contributed by atoms with E-state index in [2.05, 4.69) is 15.5 Å². The Balaban J connectivity index is 1.98. The van der Waals surface area contributed by atoms with Crippen molar-refractivity contribution in [1.29, 1.82) is 0 Å². The van der Waals surface area contributed by atoms with Gasteiger partial charge >= 0.3 is 0 Å². The van der Waals surface area contributed by atoms with Crippen LogP contribution in [-0.4, -0.2) is 28.5 Å². The maximum Gasteiger partial charge on any atom is 0.186 e. The molecule has 92 valence electrons. The maximum atomic E-state index is 10.5. The number of phenolic OH excluding ortho intramolecular Hbond substituents is 1. The van der Waals surface area contributed by atoms with Gasteiger partial charge in [0.25, 0.3) is 0 Å². The normalized spacial score (nSPS) is 18.8. The lowest BCUT2D eigenvalue weighted by Gasteiger charge is -2.03. The molecule has 0 aliphatic carbocycles. The molecule has 1 aromatic rings. The van der Waals surface area contributed by atoms with Gasteiger partial charge in [0.15, 0.2) is 5.50 Å². The molecule has 5 nitrogen and oxygen atoms in total. The average molecular weight is 261 g/mol. The van der Waals surface area contributed by atoms with Crippen LogP contribution in [0.25, 0.3) is 0 Å². The van der Waals surface area contributed by atoms with Crippen LogP contribution in [0, 0.1) is 0 Å². The Kier molecular flexibility index (Phi) is 3.82. The molecule has 2 N–H and O–H groups in total. The summed E-state index contributed by atoms with van der Waals surface area (Å²) in [7, 11) is 0. The number of hydrazone groups is 1. The highest BCUT2D eigenvalue weighted by Gasteiger charge is 2.20. The lowest BCUT2D eigenvalue weighted by atomic mass is 10.2. The van der Waals surface area contributed by atoms with Gasteiger partial charge in [-0.15, -0.1) is 0 Å².